The highest BCUT2D eigenvalue weighted by molar-refractivity contribution is 6.33. The summed E-state index contributed by atoms with van der Waals surface area (Å²) in [4.78, 5) is 12.2. The molecule has 0 radical (unpaired) electrons. The molecule has 0 bridgehead atoms. The Labute approximate surface area is 171 Å². The third-order valence-electron chi connectivity index (χ3n) is 3.82. The molecule has 6 heteroatoms. The van der Waals surface area contributed by atoms with Crippen LogP contribution in [0.15, 0.2) is 66.7 Å². The maximum Gasteiger partial charge on any atom is 0.348 e. The monoisotopic (exact) mass is 411 g/mol. The van der Waals surface area contributed by atoms with E-state index in [-0.39, 0.29) is 16.3 Å². The molecule has 138 valence electrons. The zero-order valence-corrected chi connectivity index (χ0v) is 15.8. The number of ether oxygens (including phenoxy) is 1. The van der Waals surface area contributed by atoms with Gasteiger partial charge in [-0.2, -0.15) is 5.26 Å². The Balaban J connectivity index is 1.80. The summed E-state index contributed by atoms with van der Waals surface area (Å²) in [6, 6.07) is 19.5. The van der Waals surface area contributed by atoms with Crippen LogP contribution in [0.5, 0.6) is 5.75 Å². The van der Waals surface area contributed by atoms with Crippen LogP contribution in [-0.4, -0.2) is 5.97 Å². The van der Waals surface area contributed by atoms with E-state index >= 15 is 0 Å². The predicted molar refractivity (Wildman–Crippen MR) is 108 cm³/mol. The molecular formula is C22H12Cl2FNO2. The second-order valence-corrected chi connectivity index (χ2v) is 6.58. The molecule has 0 heterocycles. The number of hydrogen-bond acceptors (Lipinski definition) is 3. The predicted octanol–water partition coefficient (Wildman–Crippen LogP) is 6.42. The Kier molecular flexibility index (Phi) is 6.10. The highest BCUT2D eigenvalue weighted by Gasteiger charge is 2.17. The molecule has 0 spiro atoms. The quantitative estimate of drug-likeness (QED) is 0.215. The summed E-state index contributed by atoms with van der Waals surface area (Å²) >= 11 is 11.8. The molecule has 0 unspecified atom stereocenters. The molecule has 0 saturated carbocycles. The number of hydrogen-bond donors (Lipinski definition) is 0. The van der Waals surface area contributed by atoms with E-state index in [1.165, 1.54) is 12.1 Å². The van der Waals surface area contributed by atoms with Crippen LogP contribution in [0.1, 0.15) is 21.5 Å². The molecule has 0 aliphatic heterocycles. The summed E-state index contributed by atoms with van der Waals surface area (Å²) in [5.74, 6) is -1.41. The van der Waals surface area contributed by atoms with E-state index in [0.717, 1.165) is 11.6 Å². The van der Waals surface area contributed by atoms with Gasteiger partial charge in [-0.15, -0.1) is 0 Å². The highest BCUT2D eigenvalue weighted by atomic mass is 35.5. The zero-order valence-electron chi connectivity index (χ0n) is 14.3. The van der Waals surface area contributed by atoms with Crippen molar-refractivity contribution in [3.63, 3.8) is 0 Å². The third-order valence-corrected chi connectivity index (χ3v) is 4.37. The van der Waals surface area contributed by atoms with Crippen LogP contribution in [0, 0.1) is 17.1 Å². The number of esters is 1. The Morgan fingerprint density at radius 2 is 1.75 bits per heavy atom. The molecule has 0 aliphatic rings. The van der Waals surface area contributed by atoms with Gasteiger partial charge in [0, 0.05) is 5.02 Å². The smallest absolute Gasteiger partial charge is 0.348 e. The van der Waals surface area contributed by atoms with E-state index in [2.05, 4.69) is 6.07 Å². The minimum Gasteiger partial charge on any atom is -0.423 e. The Morgan fingerprint density at radius 3 is 2.39 bits per heavy atom. The standard InChI is InChI=1S/C22H12Cl2FNO2/c23-17-4-1-3-15(12-17)16(13-26)11-14-7-9-18(10-8-14)28-22(27)21-19(24)5-2-6-20(21)25/h1-12H/b16-11-. The maximum absolute atomic E-state index is 13.8. The summed E-state index contributed by atoms with van der Waals surface area (Å²) < 4.78 is 19.0. The topological polar surface area (TPSA) is 50.1 Å². The van der Waals surface area contributed by atoms with Crippen molar-refractivity contribution in [3.8, 4) is 11.8 Å². The Hall–Kier alpha value is -3.13. The van der Waals surface area contributed by atoms with Gasteiger partial charge in [0.15, 0.2) is 0 Å². The zero-order chi connectivity index (χ0) is 20.1. The van der Waals surface area contributed by atoms with Crippen LogP contribution in [0.25, 0.3) is 11.6 Å². The minimum absolute atomic E-state index is 0.0234. The van der Waals surface area contributed by atoms with Crippen LogP contribution < -0.4 is 4.74 Å². The highest BCUT2D eigenvalue weighted by Crippen LogP contribution is 2.24. The maximum atomic E-state index is 13.8. The summed E-state index contributed by atoms with van der Waals surface area (Å²) in [6.45, 7) is 0. The lowest BCUT2D eigenvalue weighted by atomic mass is 10.0. The SMILES string of the molecule is N#C/C(=C/c1ccc(OC(=O)c2c(F)cccc2Cl)cc1)c1cccc(Cl)c1. The van der Waals surface area contributed by atoms with Crippen molar-refractivity contribution in [1.82, 2.24) is 0 Å². The second-order valence-electron chi connectivity index (χ2n) is 5.74. The first-order valence-corrected chi connectivity index (χ1v) is 8.87. The molecule has 0 amide bonds. The molecule has 0 atom stereocenters. The van der Waals surface area contributed by atoms with Crippen molar-refractivity contribution in [2.45, 2.75) is 0 Å². The average Bonchev–Trinajstić information content (AvgIpc) is 2.67. The number of benzene rings is 3. The van der Waals surface area contributed by atoms with E-state index in [0.29, 0.717) is 16.2 Å². The van der Waals surface area contributed by atoms with E-state index in [1.807, 2.05) is 0 Å². The molecule has 0 aromatic heterocycles. The number of nitrogens with zero attached hydrogens (tertiary/aromatic N) is 1. The summed E-state index contributed by atoms with van der Waals surface area (Å²) in [6.07, 6.45) is 1.69. The van der Waals surface area contributed by atoms with Gasteiger partial charge < -0.3 is 4.74 Å². The first-order valence-electron chi connectivity index (χ1n) is 8.12. The molecule has 3 aromatic rings. The summed E-state index contributed by atoms with van der Waals surface area (Å²) in [5, 5.41) is 9.92. The van der Waals surface area contributed by atoms with Gasteiger partial charge in [-0.05, 0) is 53.6 Å². The van der Waals surface area contributed by atoms with Gasteiger partial charge in [-0.3, -0.25) is 0 Å². The molecular weight excluding hydrogens is 400 g/mol. The number of nitriles is 1. The van der Waals surface area contributed by atoms with Gasteiger partial charge in [0.05, 0.1) is 16.7 Å². The molecule has 3 rings (SSSR count). The molecule has 0 fully saturated rings. The lowest BCUT2D eigenvalue weighted by Crippen LogP contribution is -2.11. The fourth-order valence-corrected chi connectivity index (χ4v) is 2.92. The van der Waals surface area contributed by atoms with E-state index < -0.39 is 11.8 Å². The summed E-state index contributed by atoms with van der Waals surface area (Å²) in [5.41, 5.74) is 1.53. The fourth-order valence-electron chi connectivity index (χ4n) is 2.49. The summed E-state index contributed by atoms with van der Waals surface area (Å²) in [7, 11) is 0. The van der Waals surface area contributed by atoms with Crippen molar-refractivity contribution in [2.24, 2.45) is 0 Å². The van der Waals surface area contributed by atoms with Crippen molar-refractivity contribution >= 4 is 40.8 Å². The van der Waals surface area contributed by atoms with Gasteiger partial charge in [-0.25, -0.2) is 9.18 Å². The third kappa shape index (κ3) is 4.58. The largest absolute Gasteiger partial charge is 0.423 e. The minimum atomic E-state index is -0.886. The second kappa shape index (κ2) is 8.71. The van der Waals surface area contributed by atoms with E-state index in [1.54, 1.807) is 54.6 Å². The number of allylic oxidation sites excluding steroid dienone is 1. The first kappa shape index (κ1) is 19.6. The molecule has 3 aromatic carbocycles. The van der Waals surface area contributed by atoms with Crippen molar-refractivity contribution in [2.75, 3.05) is 0 Å². The van der Waals surface area contributed by atoms with Crippen molar-refractivity contribution in [1.29, 1.82) is 5.26 Å². The van der Waals surface area contributed by atoms with Gasteiger partial charge in [0.2, 0.25) is 0 Å². The van der Waals surface area contributed by atoms with Gasteiger partial charge >= 0.3 is 5.97 Å². The van der Waals surface area contributed by atoms with Crippen molar-refractivity contribution < 1.29 is 13.9 Å². The van der Waals surface area contributed by atoms with E-state index in [9.17, 15) is 14.4 Å². The number of rotatable bonds is 4. The number of carbonyl (C=O) groups is 1. The molecule has 0 saturated heterocycles. The number of carbonyl (C=O) groups excluding carboxylic acids is 1. The van der Waals surface area contributed by atoms with Crippen LogP contribution in [0.3, 0.4) is 0 Å². The van der Waals surface area contributed by atoms with Crippen LogP contribution >= 0.6 is 23.2 Å². The Morgan fingerprint density at radius 1 is 1.04 bits per heavy atom. The molecule has 0 aliphatic carbocycles. The normalized spacial score (nSPS) is 11.0. The van der Waals surface area contributed by atoms with E-state index in [4.69, 9.17) is 27.9 Å². The fraction of sp³-hybridized carbons (Fsp3) is 0. The van der Waals surface area contributed by atoms with Gasteiger partial charge in [-0.1, -0.05) is 53.5 Å². The molecule has 3 nitrogen and oxygen atoms in total. The molecule has 0 N–H and O–H groups in total. The van der Waals surface area contributed by atoms with Crippen molar-refractivity contribution in [3.05, 3.63) is 99.3 Å². The van der Waals surface area contributed by atoms with Crippen LogP contribution in [0.4, 0.5) is 4.39 Å². The lowest BCUT2D eigenvalue weighted by molar-refractivity contribution is 0.0730. The van der Waals surface area contributed by atoms with Gasteiger partial charge in [0.25, 0.3) is 0 Å². The lowest BCUT2D eigenvalue weighted by Gasteiger charge is -2.07. The van der Waals surface area contributed by atoms with Gasteiger partial charge in [0.1, 0.15) is 17.1 Å². The Bertz CT molecular complexity index is 1080. The van der Waals surface area contributed by atoms with Crippen LogP contribution in [-0.2, 0) is 0 Å². The number of halogens is 3. The molecule has 28 heavy (non-hydrogen) atoms. The average molecular weight is 412 g/mol. The first-order chi connectivity index (χ1) is 13.5. The van der Waals surface area contributed by atoms with Crippen LogP contribution in [0.2, 0.25) is 10.0 Å².